The number of carbonyl (C=O) groups is 1. The van der Waals surface area contributed by atoms with Crippen molar-refractivity contribution in [2.75, 3.05) is 17.7 Å². The normalized spacial score (nSPS) is 10.8. The van der Waals surface area contributed by atoms with Crippen LogP contribution in [0.5, 0.6) is 5.75 Å². The van der Waals surface area contributed by atoms with E-state index in [4.69, 9.17) is 4.74 Å². The smallest absolute Gasteiger partial charge is 0.267 e. The summed E-state index contributed by atoms with van der Waals surface area (Å²) in [5, 5.41) is 11.4. The molecule has 1 aromatic carbocycles. The van der Waals surface area contributed by atoms with Crippen molar-refractivity contribution in [3.05, 3.63) is 45.6 Å². The van der Waals surface area contributed by atoms with Crippen LogP contribution in [-0.4, -0.2) is 27.8 Å². The van der Waals surface area contributed by atoms with Gasteiger partial charge in [0.1, 0.15) is 10.6 Å². The maximum atomic E-state index is 12.7. The molecule has 0 aliphatic heterocycles. The third kappa shape index (κ3) is 3.73. The minimum absolute atomic E-state index is 0.196. The molecule has 3 aromatic rings. The summed E-state index contributed by atoms with van der Waals surface area (Å²) in [6.07, 6.45) is 2.45. The number of nitrogens with one attached hydrogen (secondary N) is 2. The van der Waals surface area contributed by atoms with Gasteiger partial charge in [0.15, 0.2) is 10.9 Å². The largest absolute Gasteiger partial charge is 0.496 e. The highest BCUT2D eigenvalue weighted by atomic mass is 32.1. The predicted octanol–water partition coefficient (Wildman–Crippen LogP) is 4.37. The van der Waals surface area contributed by atoms with Crippen LogP contribution in [0.2, 0.25) is 0 Å². The molecule has 2 N–H and O–H groups in total. The predicted molar refractivity (Wildman–Crippen MR) is 113 cm³/mol. The van der Waals surface area contributed by atoms with Crippen LogP contribution in [0, 0.1) is 20.8 Å². The maximum Gasteiger partial charge on any atom is 0.267 e. The Morgan fingerprint density at radius 1 is 1.29 bits per heavy atom. The van der Waals surface area contributed by atoms with Gasteiger partial charge in [-0.05, 0) is 38.8 Å². The molecule has 0 saturated carbocycles. The maximum absolute atomic E-state index is 12.7. The lowest BCUT2D eigenvalue weighted by atomic mass is 10.1. The Bertz CT molecular complexity index is 1020. The van der Waals surface area contributed by atoms with Crippen molar-refractivity contribution in [2.45, 2.75) is 34.1 Å². The zero-order chi connectivity index (χ0) is 20.4. The van der Waals surface area contributed by atoms with Crippen LogP contribution >= 0.6 is 11.3 Å². The van der Waals surface area contributed by atoms with Crippen LogP contribution in [-0.2, 0) is 13.5 Å². The summed E-state index contributed by atoms with van der Waals surface area (Å²) in [6.45, 7) is 8.01. The molecule has 0 bridgehead atoms. The molecule has 0 radical (unpaired) electrons. The van der Waals surface area contributed by atoms with Crippen molar-refractivity contribution in [2.24, 2.45) is 7.05 Å². The van der Waals surface area contributed by atoms with Crippen molar-refractivity contribution in [3.63, 3.8) is 0 Å². The number of amides is 1. The third-order valence-electron chi connectivity index (χ3n) is 4.85. The number of aryl methyl sites for hydroxylation is 2. The Morgan fingerprint density at radius 2 is 2.04 bits per heavy atom. The average molecular weight is 400 g/mol. The van der Waals surface area contributed by atoms with Crippen LogP contribution in [0.1, 0.15) is 39.0 Å². The lowest BCUT2D eigenvalue weighted by molar-refractivity contribution is 0.103. The Balaban J connectivity index is 1.79. The number of methoxy groups -OCH3 is 1. The highest BCUT2D eigenvalue weighted by Crippen LogP contribution is 2.30. The van der Waals surface area contributed by atoms with E-state index in [1.807, 2.05) is 44.6 Å². The zero-order valence-electron chi connectivity index (χ0n) is 17.0. The van der Waals surface area contributed by atoms with Crippen LogP contribution in [0.15, 0.2) is 18.3 Å². The summed E-state index contributed by atoms with van der Waals surface area (Å²) in [7, 11) is 3.54. The number of anilines is 3. The van der Waals surface area contributed by atoms with Gasteiger partial charge in [0, 0.05) is 23.9 Å². The topological polar surface area (TPSA) is 81.1 Å². The van der Waals surface area contributed by atoms with E-state index in [2.05, 4.69) is 27.6 Å². The molecule has 148 valence electrons. The van der Waals surface area contributed by atoms with E-state index >= 15 is 0 Å². The first kappa shape index (κ1) is 19.9. The molecule has 8 heteroatoms. The fraction of sp³-hybridized carbons (Fsp3) is 0.350. The molecule has 0 aliphatic carbocycles. The Hall–Kier alpha value is -2.87. The summed E-state index contributed by atoms with van der Waals surface area (Å²) < 4.78 is 7.20. The SMILES string of the molecule is CCc1c(Nc2ncc(C(=O)Nc3c(C)ccc(OC)c3C)s2)nn(C)c1C. The second-order valence-corrected chi connectivity index (χ2v) is 7.61. The molecule has 0 fully saturated rings. The summed E-state index contributed by atoms with van der Waals surface area (Å²) >= 11 is 1.30. The van der Waals surface area contributed by atoms with Gasteiger partial charge in [0.25, 0.3) is 5.91 Å². The monoisotopic (exact) mass is 399 g/mol. The third-order valence-corrected chi connectivity index (χ3v) is 5.76. The van der Waals surface area contributed by atoms with Crippen molar-refractivity contribution in [3.8, 4) is 5.75 Å². The number of rotatable bonds is 6. The first-order chi connectivity index (χ1) is 13.3. The van der Waals surface area contributed by atoms with E-state index in [0.717, 1.165) is 46.1 Å². The van der Waals surface area contributed by atoms with Gasteiger partial charge in [-0.2, -0.15) is 5.10 Å². The molecule has 0 unspecified atom stereocenters. The minimum atomic E-state index is -0.196. The van der Waals surface area contributed by atoms with Crippen molar-refractivity contribution in [1.82, 2.24) is 14.8 Å². The zero-order valence-corrected chi connectivity index (χ0v) is 17.8. The van der Waals surface area contributed by atoms with E-state index in [0.29, 0.717) is 10.0 Å². The minimum Gasteiger partial charge on any atom is -0.496 e. The summed E-state index contributed by atoms with van der Waals surface area (Å²) in [6, 6.07) is 3.83. The molecule has 28 heavy (non-hydrogen) atoms. The Morgan fingerprint density at radius 3 is 2.71 bits per heavy atom. The molecule has 0 atom stereocenters. The number of nitrogens with zero attached hydrogens (tertiary/aromatic N) is 3. The molecule has 0 saturated heterocycles. The summed E-state index contributed by atoms with van der Waals surface area (Å²) in [5.74, 6) is 1.33. The number of hydrogen-bond acceptors (Lipinski definition) is 6. The second kappa shape index (κ2) is 8.02. The quantitative estimate of drug-likeness (QED) is 0.643. The van der Waals surface area contributed by atoms with Crippen LogP contribution in [0.25, 0.3) is 0 Å². The molecule has 0 aliphatic rings. The summed E-state index contributed by atoms with van der Waals surface area (Å²) in [4.78, 5) is 17.6. The molecule has 1 amide bonds. The lowest BCUT2D eigenvalue weighted by Crippen LogP contribution is -2.12. The summed E-state index contributed by atoms with van der Waals surface area (Å²) in [5.41, 5.74) is 4.90. The average Bonchev–Trinajstić information content (AvgIpc) is 3.23. The molecule has 7 nitrogen and oxygen atoms in total. The highest BCUT2D eigenvalue weighted by molar-refractivity contribution is 7.17. The highest BCUT2D eigenvalue weighted by Gasteiger charge is 2.17. The van der Waals surface area contributed by atoms with Gasteiger partial charge in [-0.1, -0.05) is 24.3 Å². The van der Waals surface area contributed by atoms with Crippen LogP contribution < -0.4 is 15.4 Å². The first-order valence-electron chi connectivity index (χ1n) is 9.06. The number of carbonyl (C=O) groups excluding carboxylic acids is 1. The molecule has 0 spiro atoms. The number of hydrogen-bond donors (Lipinski definition) is 2. The van der Waals surface area contributed by atoms with E-state index in [9.17, 15) is 4.79 Å². The van der Waals surface area contributed by atoms with Crippen molar-refractivity contribution < 1.29 is 9.53 Å². The standard InChI is InChI=1S/C20H25N5O2S/c1-7-14-13(4)25(5)24-18(14)23-20-21-10-16(28-20)19(26)22-17-11(2)8-9-15(27-6)12(17)3/h8-10H,7H2,1-6H3,(H,22,26)(H,21,23,24). The molecule has 3 rings (SSSR count). The second-order valence-electron chi connectivity index (χ2n) is 6.58. The number of benzene rings is 1. The molecule has 2 heterocycles. The lowest BCUT2D eigenvalue weighted by Gasteiger charge is -2.14. The number of ether oxygens (including phenoxy) is 1. The van der Waals surface area contributed by atoms with Gasteiger partial charge in [0.2, 0.25) is 0 Å². The number of thiazole rings is 1. The van der Waals surface area contributed by atoms with Gasteiger partial charge in [-0.15, -0.1) is 0 Å². The molecule has 2 aromatic heterocycles. The van der Waals surface area contributed by atoms with Gasteiger partial charge in [-0.25, -0.2) is 4.98 Å². The number of aromatic nitrogens is 3. The Labute approximate surface area is 168 Å². The molecular formula is C20H25N5O2S. The van der Waals surface area contributed by atoms with Crippen molar-refractivity contribution in [1.29, 1.82) is 0 Å². The fourth-order valence-corrected chi connectivity index (χ4v) is 3.84. The van der Waals surface area contributed by atoms with E-state index in [-0.39, 0.29) is 5.91 Å². The first-order valence-corrected chi connectivity index (χ1v) is 9.88. The van der Waals surface area contributed by atoms with E-state index in [1.165, 1.54) is 11.3 Å². The van der Waals surface area contributed by atoms with Crippen LogP contribution in [0.4, 0.5) is 16.6 Å². The van der Waals surface area contributed by atoms with Gasteiger partial charge in [0.05, 0.1) is 19.0 Å². The van der Waals surface area contributed by atoms with Crippen LogP contribution in [0.3, 0.4) is 0 Å². The molecular weight excluding hydrogens is 374 g/mol. The Kier molecular flexibility index (Phi) is 5.69. The van der Waals surface area contributed by atoms with Gasteiger partial charge < -0.3 is 15.4 Å². The fourth-order valence-electron chi connectivity index (χ4n) is 3.13. The van der Waals surface area contributed by atoms with E-state index < -0.39 is 0 Å². The van der Waals surface area contributed by atoms with Gasteiger partial charge >= 0.3 is 0 Å². The van der Waals surface area contributed by atoms with Gasteiger partial charge in [-0.3, -0.25) is 9.48 Å². The van der Waals surface area contributed by atoms with Crippen molar-refractivity contribution >= 4 is 33.9 Å². The van der Waals surface area contributed by atoms with E-state index in [1.54, 1.807) is 13.3 Å².